The molecule has 3 atom stereocenters. The molecule has 0 heterocycles. The maximum absolute atomic E-state index is 2.42. The Bertz CT molecular complexity index is 180. The summed E-state index contributed by atoms with van der Waals surface area (Å²) in [5, 5.41) is 0. The molecule has 0 radical (unpaired) electrons. The molecule has 3 unspecified atom stereocenters. The lowest BCUT2D eigenvalue weighted by atomic mass is 9.89. The van der Waals surface area contributed by atoms with Crippen molar-refractivity contribution in [3.63, 3.8) is 0 Å². The fourth-order valence-electron chi connectivity index (χ4n) is 3.60. The van der Waals surface area contributed by atoms with Crippen LogP contribution < -0.4 is 0 Å². The van der Waals surface area contributed by atoms with Crippen LogP contribution in [0.15, 0.2) is 0 Å². The molecule has 0 N–H and O–H groups in total. The van der Waals surface area contributed by atoms with Gasteiger partial charge in [0.25, 0.3) is 0 Å². The van der Waals surface area contributed by atoms with Crippen LogP contribution >= 0.6 is 0 Å². The average molecular weight is 196 g/mol. The second kappa shape index (κ2) is 4.24. The van der Waals surface area contributed by atoms with Crippen molar-refractivity contribution < 1.29 is 0 Å². The van der Waals surface area contributed by atoms with E-state index in [1.165, 1.54) is 12.8 Å². The van der Waals surface area contributed by atoms with Gasteiger partial charge in [0, 0.05) is 0 Å². The Labute approximate surface area is 90.5 Å². The van der Waals surface area contributed by atoms with E-state index in [-0.39, 0.29) is 0 Å². The molecule has 14 heavy (non-hydrogen) atoms. The Morgan fingerprint density at radius 2 is 1.64 bits per heavy atom. The van der Waals surface area contributed by atoms with Gasteiger partial charge in [-0.1, -0.05) is 41.5 Å². The smallest absolute Gasteiger partial charge is 0.0240 e. The Kier molecular flexibility index (Phi) is 3.66. The second-order valence-corrected chi connectivity index (χ2v) is 5.65. The molecule has 0 aromatic rings. The lowest BCUT2D eigenvalue weighted by Gasteiger charge is -2.16. The molecule has 2 aliphatic rings. The molecular formula is C14H28. The zero-order valence-electron chi connectivity index (χ0n) is 10.9. The van der Waals surface area contributed by atoms with Crippen LogP contribution in [-0.2, 0) is 0 Å². The highest BCUT2D eigenvalue weighted by atomic mass is 14.7. The molecule has 0 nitrogen and oxygen atoms in total. The highest BCUT2D eigenvalue weighted by molar-refractivity contribution is 5.11. The summed E-state index contributed by atoms with van der Waals surface area (Å²) in [6.07, 6.45) is 4.59. The molecule has 0 aromatic carbocycles. The SMILES string of the molecule is CC.CC(C)C1CCC2(C(C)C)CC12. The van der Waals surface area contributed by atoms with Gasteiger partial charge in [-0.3, -0.25) is 0 Å². The third kappa shape index (κ3) is 1.73. The van der Waals surface area contributed by atoms with Gasteiger partial charge in [-0.05, 0) is 48.3 Å². The summed E-state index contributed by atoms with van der Waals surface area (Å²) in [4.78, 5) is 0. The van der Waals surface area contributed by atoms with Crippen molar-refractivity contribution in [2.75, 3.05) is 0 Å². The van der Waals surface area contributed by atoms with Crippen LogP contribution in [0, 0.1) is 29.1 Å². The van der Waals surface area contributed by atoms with E-state index in [1.807, 2.05) is 13.8 Å². The molecule has 0 bridgehead atoms. The quantitative estimate of drug-likeness (QED) is 0.598. The van der Waals surface area contributed by atoms with Crippen molar-refractivity contribution in [2.24, 2.45) is 29.1 Å². The van der Waals surface area contributed by atoms with Crippen LogP contribution in [0.5, 0.6) is 0 Å². The fraction of sp³-hybridized carbons (Fsp3) is 1.00. The van der Waals surface area contributed by atoms with Crippen LogP contribution in [-0.4, -0.2) is 0 Å². The largest absolute Gasteiger partial charge is 0.0683 e. The van der Waals surface area contributed by atoms with Gasteiger partial charge < -0.3 is 0 Å². The average Bonchev–Trinajstić information content (AvgIpc) is 2.76. The summed E-state index contributed by atoms with van der Waals surface area (Å²) in [6, 6.07) is 0. The lowest BCUT2D eigenvalue weighted by Crippen LogP contribution is -2.09. The normalized spacial score (nSPS) is 39.4. The molecule has 0 aromatic heterocycles. The molecule has 2 rings (SSSR count). The molecule has 2 fully saturated rings. The van der Waals surface area contributed by atoms with E-state index in [0.29, 0.717) is 0 Å². The molecule has 0 spiro atoms. The monoisotopic (exact) mass is 196 g/mol. The van der Waals surface area contributed by atoms with Gasteiger partial charge in [0.05, 0.1) is 0 Å². The number of fused-ring (bicyclic) bond motifs is 1. The van der Waals surface area contributed by atoms with Crippen molar-refractivity contribution in [1.29, 1.82) is 0 Å². The standard InChI is InChI=1S/C12H22.C2H6/c1-8(2)10-5-6-12(9(3)4)7-11(10)12;1-2/h8-11H,5-7H2,1-4H3;1-2H3. The second-order valence-electron chi connectivity index (χ2n) is 5.65. The first-order valence-electron chi connectivity index (χ1n) is 6.58. The molecule has 84 valence electrons. The van der Waals surface area contributed by atoms with E-state index < -0.39 is 0 Å². The summed E-state index contributed by atoms with van der Waals surface area (Å²) >= 11 is 0. The number of rotatable bonds is 2. The van der Waals surface area contributed by atoms with Gasteiger partial charge in [0.15, 0.2) is 0 Å². The number of hydrogen-bond donors (Lipinski definition) is 0. The van der Waals surface area contributed by atoms with E-state index in [2.05, 4.69) is 27.7 Å². The van der Waals surface area contributed by atoms with Gasteiger partial charge in [-0.15, -0.1) is 0 Å². The first kappa shape index (κ1) is 12.1. The molecule has 2 aliphatic carbocycles. The number of hydrogen-bond acceptors (Lipinski definition) is 0. The van der Waals surface area contributed by atoms with E-state index >= 15 is 0 Å². The zero-order valence-corrected chi connectivity index (χ0v) is 10.9. The van der Waals surface area contributed by atoms with Crippen LogP contribution in [0.2, 0.25) is 0 Å². The van der Waals surface area contributed by atoms with Crippen molar-refractivity contribution in [3.8, 4) is 0 Å². The van der Waals surface area contributed by atoms with Gasteiger partial charge in [-0.25, -0.2) is 0 Å². The van der Waals surface area contributed by atoms with Crippen molar-refractivity contribution >= 4 is 0 Å². The topological polar surface area (TPSA) is 0 Å². The summed E-state index contributed by atoms with van der Waals surface area (Å²) in [7, 11) is 0. The minimum atomic E-state index is 0.814. The zero-order chi connectivity index (χ0) is 10.9. The molecule has 0 heteroatoms. The Hall–Kier alpha value is 0. The van der Waals surface area contributed by atoms with Crippen LogP contribution in [0.25, 0.3) is 0 Å². The minimum absolute atomic E-state index is 0.814. The molecule has 2 saturated carbocycles. The summed E-state index contributed by atoms with van der Waals surface area (Å²) in [5.74, 6) is 4.04. The third-order valence-electron chi connectivity index (χ3n) is 4.64. The summed E-state index contributed by atoms with van der Waals surface area (Å²) < 4.78 is 0. The Balaban J connectivity index is 0.000000461. The Morgan fingerprint density at radius 1 is 1.07 bits per heavy atom. The van der Waals surface area contributed by atoms with Crippen molar-refractivity contribution in [3.05, 3.63) is 0 Å². The third-order valence-corrected chi connectivity index (χ3v) is 4.64. The highest BCUT2D eigenvalue weighted by Gasteiger charge is 2.62. The van der Waals surface area contributed by atoms with Gasteiger partial charge in [0.1, 0.15) is 0 Å². The van der Waals surface area contributed by atoms with Crippen LogP contribution in [0.1, 0.15) is 60.8 Å². The first-order chi connectivity index (χ1) is 6.58. The highest BCUT2D eigenvalue weighted by Crippen LogP contribution is 2.70. The molecule has 0 saturated heterocycles. The first-order valence-corrected chi connectivity index (χ1v) is 6.58. The Morgan fingerprint density at radius 3 is 1.86 bits per heavy atom. The van der Waals surface area contributed by atoms with E-state index in [4.69, 9.17) is 0 Å². The molecular weight excluding hydrogens is 168 g/mol. The predicted molar refractivity (Wildman–Crippen MR) is 64.3 cm³/mol. The molecule has 0 aliphatic heterocycles. The van der Waals surface area contributed by atoms with Gasteiger partial charge in [-0.2, -0.15) is 0 Å². The van der Waals surface area contributed by atoms with Crippen LogP contribution in [0.4, 0.5) is 0 Å². The maximum atomic E-state index is 2.42. The lowest BCUT2D eigenvalue weighted by molar-refractivity contribution is 0.327. The minimum Gasteiger partial charge on any atom is -0.0683 e. The maximum Gasteiger partial charge on any atom is -0.0240 e. The van der Waals surface area contributed by atoms with Gasteiger partial charge in [0.2, 0.25) is 0 Å². The van der Waals surface area contributed by atoms with E-state index in [1.54, 1.807) is 6.42 Å². The predicted octanol–water partition coefficient (Wildman–Crippen LogP) is 4.74. The van der Waals surface area contributed by atoms with E-state index in [9.17, 15) is 0 Å². The van der Waals surface area contributed by atoms with Crippen LogP contribution in [0.3, 0.4) is 0 Å². The van der Waals surface area contributed by atoms with Crippen molar-refractivity contribution in [2.45, 2.75) is 60.8 Å². The molecule has 0 amide bonds. The summed E-state index contributed by atoms with van der Waals surface area (Å²) in [5.41, 5.74) is 0.814. The fourth-order valence-corrected chi connectivity index (χ4v) is 3.60. The van der Waals surface area contributed by atoms with E-state index in [0.717, 1.165) is 29.1 Å². The van der Waals surface area contributed by atoms with Gasteiger partial charge >= 0.3 is 0 Å². The summed E-state index contributed by atoms with van der Waals surface area (Å²) in [6.45, 7) is 13.6. The van der Waals surface area contributed by atoms with Crippen molar-refractivity contribution in [1.82, 2.24) is 0 Å².